The summed E-state index contributed by atoms with van der Waals surface area (Å²) in [5.74, 6) is 1.86. The normalized spacial score (nSPS) is 15.8. The highest BCUT2D eigenvalue weighted by atomic mass is 16.5. The first-order valence-electron chi connectivity index (χ1n) is 8.62. The Morgan fingerprint density at radius 1 is 1.20 bits per heavy atom. The second-order valence-corrected chi connectivity index (χ2v) is 6.77. The fourth-order valence-corrected chi connectivity index (χ4v) is 3.39. The van der Waals surface area contributed by atoms with Gasteiger partial charge in [-0.15, -0.1) is 0 Å². The molecule has 1 aliphatic heterocycles. The van der Waals surface area contributed by atoms with Crippen LogP contribution in [0.4, 0.5) is 0 Å². The molecule has 3 aromatic heterocycles. The van der Waals surface area contributed by atoms with Gasteiger partial charge in [0.2, 0.25) is 5.89 Å². The van der Waals surface area contributed by atoms with Crippen LogP contribution in [0, 0.1) is 19.8 Å². The molecule has 0 spiro atoms. The van der Waals surface area contributed by atoms with Crippen molar-refractivity contribution in [3.8, 4) is 0 Å². The van der Waals surface area contributed by atoms with Crippen molar-refractivity contribution in [2.45, 2.75) is 33.1 Å². The Hall–Kier alpha value is -2.70. The predicted molar refractivity (Wildman–Crippen MR) is 91.3 cm³/mol. The zero-order valence-electron chi connectivity index (χ0n) is 14.5. The number of aryl methyl sites for hydroxylation is 2. The average molecular weight is 339 g/mol. The smallest absolute Gasteiger partial charge is 0.274 e. The minimum absolute atomic E-state index is 0.00945. The Morgan fingerprint density at radius 2 is 2.00 bits per heavy atom. The van der Waals surface area contributed by atoms with E-state index in [-0.39, 0.29) is 5.91 Å². The van der Waals surface area contributed by atoms with Gasteiger partial charge in [-0.3, -0.25) is 4.79 Å². The lowest BCUT2D eigenvalue weighted by Crippen LogP contribution is -2.39. The van der Waals surface area contributed by atoms with E-state index in [1.165, 1.54) is 0 Å². The number of aromatic nitrogens is 4. The van der Waals surface area contributed by atoms with Crippen molar-refractivity contribution in [1.29, 1.82) is 0 Å². The van der Waals surface area contributed by atoms with Gasteiger partial charge in [0.15, 0.2) is 5.82 Å². The molecule has 0 radical (unpaired) electrons. The summed E-state index contributed by atoms with van der Waals surface area (Å²) in [7, 11) is 0. The minimum atomic E-state index is 0.00945. The van der Waals surface area contributed by atoms with Gasteiger partial charge < -0.3 is 13.8 Å². The number of fused-ring (bicyclic) bond motifs is 1. The SMILES string of the molecule is Cc1ccc2nc(C(=O)N3CCC(Cc4noc(C)n4)CC3)cn2c1. The molecule has 7 heteroatoms. The van der Waals surface area contributed by atoms with Crippen LogP contribution in [0.15, 0.2) is 29.0 Å². The molecular formula is C18H21N5O2. The van der Waals surface area contributed by atoms with Gasteiger partial charge in [-0.25, -0.2) is 4.98 Å². The van der Waals surface area contributed by atoms with E-state index >= 15 is 0 Å². The lowest BCUT2D eigenvalue weighted by Gasteiger charge is -2.31. The molecule has 0 N–H and O–H groups in total. The molecule has 4 rings (SSSR count). The van der Waals surface area contributed by atoms with Crippen LogP contribution in [-0.2, 0) is 6.42 Å². The largest absolute Gasteiger partial charge is 0.340 e. The third-order valence-electron chi connectivity index (χ3n) is 4.76. The molecule has 0 aromatic carbocycles. The molecule has 130 valence electrons. The summed E-state index contributed by atoms with van der Waals surface area (Å²) in [6.07, 6.45) is 6.52. The minimum Gasteiger partial charge on any atom is -0.340 e. The monoisotopic (exact) mass is 339 g/mol. The number of piperidine rings is 1. The van der Waals surface area contributed by atoms with E-state index in [0.717, 1.165) is 49.4 Å². The van der Waals surface area contributed by atoms with E-state index in [1.54, 1.807) is 6.92 Å². The van der Waals surface area contributed by atoms with Crippen LogP contribution in [0.25, 0.3) is 5.65 Å². The van der Waals surface area contributed by atoms with E-state index < -0.39 is 0 Å². The summed E-state index contributed by atoms with van der Waals surface area (Å²) >= 11 is 0. The van der Waals surface area contributed by atoms with Crippen LogP contribution in [0.1, 0.15) is 40.6 Å². The highest BCUT2D eigenvalue weighted by molar-refractivity contribution is 5.93. The molecule has 0 unspecified atom stereocenters. The van der Waals surface area contributed by atoms with E-state index in [4.69, 9.17) is 4.52 Å². The van der Waals surface area contributed by atoms with Crippen molar-refractivity contribution < 1.29 is 9.32 Å². The summed E-state index contributed by atoms with van der Waals surface area (Å²) in [5, 5.41) is 3.96. The molecule has 1 fully saturated rings. The lowest BCUT2D eigenvalue weighted by atomic mass is 9.93. The molecule has 7 nitrogen and oxygen atoms in total. The van der Waals surface area contributed by atoms with Crippen LogP contribution in [0.3, 0.4) is 0 Å². The van der Waals surface area contributed by atoms with Gasteiger partial charge in [0.05, 0.1) is 0 Å². The van der Waals surface area contributed by atoms with E-state index in [2.05, 4.69) is 15.1 Å². The van der Waals surface area contributed by atoms with Gasteiger partial charge in [0.25, 0.3) is 5.91 Å². The molecule has 1 saturated heterocycles. The molecule has 3 aromatic rings. The number of pyridine rings is 1. The van der Waals surface area contributed by atoms with Crippen molar-refractivity contribution >= 4 is 11.6 Å². The number of imidazole rings is 1. The Morgan fingerprint density at radius 3 is 2.72 bits per heavy atom. The van der Waals surface area contributed by atoms with Gasteiger partial charge in [0, 0.05) is 38.8 Å². The summed E-state index contributed by atoms with van der Waals surface area (Å²) in [4.78, 5) is 23.4. The van der Waals surface area contributed by atoms with E-state index in [0.29, 0.717) is 17.5 Å². The standard InChI is InChI=1S/C18H21N5O2/c1-12-3-4-17-20-15(11-23(17)10-12)18(24)22-7-5-14(6-8-22)9-16-19-13(2)25-21-16/h3-4,10-11,14H,5-9H2,1-2H3. The molecule has 0 aliphatic carbocycles. The van der Waals surface area contributed by atoms with Crippen molar-refractivity contribution in [2.75, 3.05) is 13.1 Å². The first-order chi connectivity index (χ1) is 12.1. The number of nitrogens with zero attached hydrogens (tertiary/aromatic N) is 5. The maximum atomic E-state index is 12.7. The van der Waals surface area contributed by atoms with Crippen LogP contribution >= 0.6 is 0 Å². The second kappa shape index (κ2) is 6.31. The molecule has 0 bridgehead atoms. The first-order valence-corrected chi connectivity index (χ1v) is 8.62. The van der Waals surface area contributed by atoms with E-state index in [9.17, 15) is 4.79 Å². The van der Waals surface area contributed by atoms with Gasteiger partial charge in [-0.05, 0) is 37.3 Å². The molecular weight excluding hydrogens is 318 g/mol. The summed E-state index contributed by atoms with van der Waals surface area (Å²) in [6, 6.07) is 3.94. The van der Waals surface area contributed by atoms with Crippen LogP contribution in [0.2, 0.25) is 0 Å². The van der Waals surface area contributed by atoms with Gasteiger partial charge in [0.1, 0.15) is 11.3 Å². The third-order valence-corrected chi connectivity index (χ3v) is 4.76. The number of rotatable bonds is 3. The first kappa shape index (κ1) is 15.8. The van der Waals surface area contributed by atoms with Crippen molar-refractivity contribution in [1.82, 2.24) is 24.4 Å². The Labute approximate surface area is 145 Å². The predicted octanol–water partition coefficient (Wildman–Crippen LogP) is 2.43. The molecule has 0 atom stereocenters. The second-order valence-electron chi connectivity index (χ2n) is 6.77. The number of likely N-dealkylation sites (tertiary alicyclic amines) is 1. The van der Waals surface area contributed by atoms with Gasteiger partial charge in [-0.1, -0.05) is 11.2 Å². The summed E-state index contributed by atoms with van der Waals surface area (Å²) in [6.45, 7) is 5.31. The quantitative estimate of drug-likeness (QED) is 0.732. The van der Waals surface area contributed by atoms with Crippen molar-refractivity contribution in [2.24, 2.45) is 5.92 Å². The topological polar surface area (TPSA) is 76.5 Å². The Kier molecular flexibility index (Phi) is 3.99. The summed E-state index contributed by atoms with van der Waals surface area (Å²) < 4.78 is 6.93. The fourth-order valence-electron chi connectivity index (χ4n) is 3.39. The number of carbonyl (C=O) groups is 1. The highest BCUT2D eigenvalue weighted by Gasteiger charge is 2.26. The number of carbonyl (C=O) groups excluding carboxylic acids is 1. The van der Waals surface area contributed by atoms with Crippen molar-refractivity contribution in [3.63, 3.8) is 0 Å². The maximum absolute atomic E-state index is 12.7. The molecule has 1 amide bonds. The number of hydrogen-bond donors (Lipinski definition) is 0. The zero-order valence-corrected chi connectivity index (χ0v) is 14.5. The molecule has 1 aliphatic rings. The maximum Gasteiger partial charge on any atom is 0.274 e. The Bertz CT molecular complexity index is 905. The average Bonchev–Trinajstić information content (AvgIpc) is 3.20. The van der Waals surface area contributed by atoms with Crippen LogP contribution < -0.4 is 0 Å². The van der Waals surface area contributed by atoms with Gasteiger partial charge >= 0.3 is 0 Å². The number of amides is 1. The molecule has 0 saturated carbocycles. The lowest BCUT2D eigenvalue weighted by molar-refractivity contribution is 0.0684. The van der Waals surface area contributed by atoms with Crippen molar-refractivity contribution in [3.05, 3.63) is 47.5 Å². The third kappa shape index (κ3) is 3.26. The van der Waals surface area contributed by atoms with Crippen LogP contribution in [0.5, 0.6) is 0 Å². The fraction of sp³-hybridized carbons (Fsp3) is 0.444. The molecule has 4 heterocycles. The van der Waals surface area contributed by atoms with Crippen LogP contribution in [-0.4, -0.2) is 43.4 Å². The molecule has 25 heavy (non-hydrogen) atoms. The highest BCUT2D eigenvalue weighted by Crippen LogP contribution is 2.22. The summed E-state index contributed by atoms with van der Waals surface area (Å²) in [5.41, 5.74) is 2.45. The number of hydrogen-bond acceptors (Lipinski definition) is 5. The van der Waals surface area contributed by atoms with E-state index in [1.807, 2.05) is 40.8 Å². The van der Waals surface area contributed by atoms with Gasteiger partial charge in [-0.2, -0.15) is 4.98 Å². The zero-order chi connectivity index (χ0) is 17.4. The Balaban J connectivity index is 1.40.